The largest absolute Gasteiger partial charge is 0.313 e. The standard InChI is InChI=1S/C12H17Cl2N.ClH/c1-2-3-4-7-15-9-10-5-6-11(13)8-12(10)14;/h5-6,8,15H,2-4,7,9H2,1H3;1H. The van der Waals surface area contributed by atoms with Gasteiger partial charge in [0.25, 0.3) is 0 Å². The van der Waals surface area contributed by atoms with Crippen LogP contribution in [0.25, 0.3) is 0 Å². The zero-order chi connectivity index (χ0) is 11.1. The Kier molecular flexibility index (Phi) is 9.15. The van der Waals surface area contributed by atoms with E-state index in [2.05, 4.69) is 12.2 Å². The van der Waals surface area contributed by atoms with Gasteiger partial charge in [0.05, 0.1) is 0 Å². The SMILES string of the molecule is CCCCCNCc1ccc(Cl)cc1Cl.Cl. The van der Waals surface area contributed by atoms with Crippen molar-refractivity contribution in [2.24, 2.45) is 0 Å². The summed E-state index contributed by atoms with van der Waals surface area (Å²) in [5, 5.41) is 4.80. The Balaban J connectivity index is 0.00000225. The molecule has 1 rings (SSSR count). The van der Waals surface area contributed by atoms with E-state index in [-0.39, 0.29) is 12.4 Å². The summed E-state index contributed by atoms with van der Waals surface area (Å²) >= 11 is 11.9. The van der Waals surface area contributed by atoms with Crippen LogP contribution in [0.5, 0.6) is 0 Å². The van der Waals surface area contributed by atoms with E-state index in [1.165, 1.54) is 19.3 Å². The molecule has 0 aromatic heterocycles. The van der Waals surface area contributed by atoms with Crippen molar-refractivity contribution in [3.05, 3.63) is 33.8 Å². The van der Waals surface area contributed by atoms with Gasteiger partial charge in [0.15, 0.2) is 0 Å². The fourth-order valence-corrected chi connectivity index (χ4v) is 1.86. The molecule has 4 heteroatoms. The van der Waals surface area contributed by atoms with Crippen molar-refractivity contribution in [3.8, 4) is 0 Å². The van der Waals surface area contributed by atoms with Crippen molar-refractivity contribution in [1.29, 1.82) is 0 Å². The average Bonchev–Trinajstić information content (AvgIpc) is 2.20. The third kappa shape index (κ3) is 5.95. The second-order valence-electron chi connectivity index (χ2n) is 3.62. The molecule has 0 bridgehead atoms. The summed E-state index contributed by atoms with van der Waals surface area (Å²) in [4.78, 5) is 0. The molecule has 0 saturated heterocycles. The minimum absolute atomic E-state index is 0. The van der Waals surface area contributed by atoms with Gasteiger partial charge in [-0.3, -0.25) is 0 Å². The second-order valence-corrected chi connectivity index (χ2v) is 4.46. The summed E-state index contributed by atoms with van der Waals surface area (Å²) < 4.78 is 0. The van der Waals surface area contributed by atoms with Gasteiger partial charge in [-0.1, -0.05) is 49.0 Å². The monoisotopic (exact) mass is 281 g/mol. The van der Waals surface area contributed by atoms with Crippen molar-refractivity contribution in [1.82, 2.24) is 5.32 Å². The normalized spacial score (nSPS) is 9.94. The smallest absolute Gasteiger partial charge is 0.0465 e. The lowest BCUT2D eigenvalue weighted by molar-refractivity contribution is 0.617. The summed E-state index contributed by atoms with van der Waals surface area (Å²) in [5.74, 6) is 0. The van der Waals surface area contributed by atoms with Gasteiger partial charge in [-0.25, -0.2) is 0 Å². The average molecular weight is 283 g/mol. The molecule has 0 aliphatic heterocycles. The highest BCUT2D eigenvalue weighted by molar-refractivity contribution is 6.35. The number of halogens is 3. The van der Waals surface area contributed by atoms with Crippen molar-refractivity contribution >= 4 is 35.6 Å². The summed E-state index contributed by atoms with van der Waals surface area (Å²) in [6, 6.07) is 5.63. The third-order valence-electron chi connectivity index (χ3n) is 2.29. The van der Waals surface area contributed by atoms with Gasteiger partial charge in [0, 0.05) is 16.6 Å². The number of hydrogen-bond donors (Lipinski definition) is 1. The van der Waals surface area contributed by atoms with Crippen molar-refractivity contribution in [3.63, 3.8) is 0 Å². The first-order chi connectivity index (χ1) is 7.24. The molecule has 0 aliphatic rings. The first kappa shape index (κ1) is 16.1. The van der Waals surface area contributed by atoms with Crippen LogP contribution in [0.4, 0.5) is 0 Å². The van der Waals surface area contributed by atoms with Crippen LogP contribution >= 0.6 is 35.6 Å². The maximum atomic E-state index is 6.05. The summed E-state index contributed by atoms with van der Waals surface area (Å²) in [6.45, 7) is 4.07. The van der Waals surface area contributed by atoms with Gasteiger partial charge in [-0.05, 0) is 30.7 Å². The Bertz CT molecular complexity index is 302. The maximum Gasteiger partial charge on any atom is 0.0465 e. The zero-order valence-electron chi connectivity index (χ0n) is 9.43. The van der Waals surface area contributed by atoms with E-state index in [9.17, 15) is 0 Å². The molecule has 1 aromatic rings. The molecule has 0 heterocycles. The lowest BCUT2D eigenvalue weighted by Gasteiger charge is -2.06. The molecule has 16 heavy (non-hydrogen) atoms. The lowest BCUT2D eigenvalue weighted by atomic mass is 10.2. The molecule has 0 amide bonds. The highest BCUT2D eigenvalue weighted by Gasteiger charge is 2.00. The number of nitrogens with one attached hydrogen (secondary N) is 1. The molecule has 92 valence electrons. The van der Waals surface area contributed by atoms with E-state index in [0.29, 0.717) is 5.02 Å². The molecule has 0 saturated carbocycles. The molecule has 0 spiro atoms. The fraction of sp³-hybridized carbons (Fsp3) is 0.500. The Labute approximate surface area is 114 Å². The number of unbranched alkanes of at least 4 members (excludes halogenated alkanes) is 2. The van der Waals surface area contributed by atoms with Crippen LogP contribution in [0, 0.1) is 0 Å². The molecular weight excluding hydrogens is 264 g/mol. The molecule has 0 radical (unpaired) electrons. The molecule has 1 N–H and O–H groups in total. The summed E-state index contributed by atoms with van der Waals surface area (Å²) in [5.41, 5.74) is 1.11. The van der Waals surface area contributed by atoms with E-state index in [1.807, 2.05) is 12.1 Å². The van der Waals surface area contributed by atoms with E-state index in [0.717, 1.165) is 23.7 Å². The first-order valence-corrected chi connectivity index (χ1v) is 6.14. The van der Waals surface area contributed by atoms with E-state index in [4.69, 9.17) is 23.2 Å². The Morgan fingerprint density at radius 1 is 1.19 bits per heavy atom. The van der Waals surface area contributed by atoms with Crippen LogP contribution in [-0.4, -0.2) is 6.54 Å². The first-order valence-electron chi connectivity index (χ1n) is 5.38. The maximum absolute atomic E-state index is 6.05. The fourth-order valence-electron chi connectivity index (χ4n) is 1.39. The van der Waals surface area contributed by atoms with E-state index < -0.39 is 0 Å². The summed E-state index contributed by atoms with van der Waals surface area (Å²) in [7, 11) is 0. The molecular formula is C12H18Cl3N. The van der Waals surface area contributed by atoms with Crippen LogP contribution in [0.15, 0.2) is 18.2 Å². The van der Waals surface area contributed by atoms with Crippen molar-refractivity contribution in [2.75, 3.05) is 6.54 Å². The Hall–Kier alpha value is 0.0500. The van der Waals surface area contributed by atoms with Gasteiger partial charge >= 0.3 is 0 Å². The highest BCUT2D eigenvalue weighted by atomic mass is 35.5. The minimum Gasteiger partial charge on any atom is -0.313 e. The molecule has 1 aromatic carbocycles. The van der Waals surface area contributed by atoms with Crippen LogP contribution in [0.1, 0.15) is 31.7 Å². The zero-order valence-corrected chi connectivity index (χ0v) is 11.8. The Morgan fingerprint density at radius 3 is 2.56 bits per heavy atom. The molecule has 0 atom stereocenters. The number of hydrogen-bond acceptors (Lipinski definition) is 1. The third-order valence-corrected chi connectivity index (χ3v) is 2.87. The van der Waals surface area contributed by atoms with Gasteiger partial charge < -0.3 is 5.32 Å². The van der Waals surface area contributed by atoms with Crippen LogP contribution < -0.4 is 5.32 Å². The van der Waals surface area contributed by atoms with Gasteiger partial charge in [0.2, 0.25) is 0 Å². The minimum atomic E-state index is 0. The summed E-state index contributed by atoms with van der Waals surface area (Å²) in [6.07, 6.45) is 3.76. The number of benzene rings is 1. The number of rotatable bonds is 6. The van der Waals surface area contributed by atoms with Gasteiger partial charge in [0.1, 0.15) is 0 Å². The van der Waals surface area contributed by atoms with Gasteiger partial charge in [-0.15, -0.1) is 12.4 Å². The topological polar surface area (TPSA) is 12.0 Å². The Morgan fingerprint density at radius 2 is 1.94 bits per heavy atom. The van der Waals surface area contributed by atoms with E-state index in [1.54, 1.807) is 6.07 Å². The van der Waals surface area contributed by atoms with Gasteiger partial charge in [-0.2, -0.15) is 0 Å². The predicted octanol–water partition coefficient (Wildman–Crippen LogP) is 4.70. The van der Waals surface area contributed by atoms with Crippen LogP contribution in [0.3, 0.4) is 0 Å². The molecule has 1 nitrogen and oxygen atoms in total. The highest BCUT2D eigenvalue weighted by Crippen LogP contribution is 2.20. The second kappa shape index (κ2) is 9.12. The van der Waals surface area contributed by atoms with Crippen molar-refractivity contribution < 1.29 is 0 Å². The van der Waals surface area contributed by atoms with E-state index >= 15 is 0 Å². The van der Waals surface area contributed by atoms with Crippen LogP contribution in [0.2, 0.25) is 10.0 Å². The van der Waals surface area contributed by atoms with Crippen molar-refractivity contribution in [2.45, 2.75) is 32.7 Å². The van der Waals surface area contributed by atoms with Crippen LogP contribution in [-0.2, 0) is 6.54 Å². The predicted molar refractivity (Wildman–Crippen MR) is 74.9 cm³/mol. The lowest BCUT2D eigenvalue weighted by Crippen LogP contribution is -2.14. The molecule has 0 aliphatic carbocycles. The molecule has 0 unspecified atom stereocenters. The quantitative estimate of drug-likeness (QED) is 0.746. The molecule has 0 fully saturated rings.